The third-order valence-corrected chi connectivity index (χ3v) is 6.61. The number of fused-ring (bicyclic) bond motifs is 3. The smallest absolute Gasteiger partial charge is 0.256 e. The normalized spacial score (nSPS) is 22.2. The summed E-state index contributed by atoms with van der Waals surface area (Å²) >= 11 is 1.77. The van der Waals surface area contributed by atoms with E-state index in [4.69, 9.17) is 0 Å². The number of carbonyl (C=O) groups excluding carboxylic acids is 1. The second kappa shape index (κ2) is 6.46. The van der Waals surface area contributed by atoms with E-state index in [1.807, 2.05) is 0 Å². The Morgan fingerprint density at radius 3 is 2.68 bits per heavy atom. The van der Waals surface area contributed by atoms with Gasteiger partial charge < -0.3 is 15.5 Å². The lowest BCUT2D eigenvalue weighted by molar-refractivity contribution is -0.913. The molecule has 0 spiro atoms. The molecule has 0 bridgehead atoms. The van der Waals surface area contributed by atoms with Gasteiger partial charge in [-0.2, -0.15) is 0 Å². The first-order valence-corrected chi connectivity index (χ1v) is 10.0. The van der Waals surface area contributed by atoms with Crippen LogP contribution >= 0.6 is 11.3 Å². The summed E-state index contributed by atoms with van der Waals surface area (Å²) in [5.74, 6) is 0.590. The van der Waals surface area contributed by atoms with Crippen molar-refractivity contribution >= 4 is 22.2 Å². The molecule has 3 N–H and O–H groups in total. The molecular formula is C20H26N3OS+. The zero-order valence-electron chi connectivity index (χ0n) is 15.1. The van der Waals surface area contributed by atoms with Crippen LogP contribution in [0.25, 0.3) is 0 Å². The molecule has 0 aliphatic carbocycles. The van der Waals surface area contributed by atoms with E-state index in [1.54, 1.807) is 16.2 Å². The van der Waals surface area contributed by atoms with Crippen molar-refractivity contribution in [3.05, 3.63) is 51.4 Å². The Morgan fingerprint density at radius 1 is 1.24 bits per heavy atom. The Morgan fingerprint density at radius 2 is 2.00 bits per heavy atom. The molecule has 1 amide bonds. The maximum atomic E-state index is 12.8. The van der Waals surface area contributed by atoms with Gasteiger partial charge in [0.2, 0.25) is 0 Å². The molecule has 2 aliphatic heterocycles. The molecule has 0 fully saturated rings. The first kappa shape index (κ1) is 16.6. The van der Waals surface area contributed by atoms with E-state index in [2.05, 4.69) is 55.7 Å². The van der Waals surface area contributed by atoms with Gasteiger partial charge in [-0.05, 0) is 29.5 Å². The number of anilines is 1. The van der Waals surface area contributed by atoms with Crippen molar-refractivity contribution in [1.82, 2.24) is 5.32 Å². The average Bonchev–Trinajstić information content (AvgIpc) is 2.99. The van der Waals surface area contributed by atoms with Crippen LogP contribution in [0, 0.1) is 0 Å². The molecular weight excluding hydrogens is 330 g/mol. The fourth-order valence-electron chi connectivity index (χ4n) is 3.79. The standard InChI is InChI=1S/C20H25N3OS/c1-4-23-10-9-15-16(11-23)25-20-17(15)19(24)21-18(22-20)14-7-5-13(6-8-14)12(2)3/h5-8,12,18,22H,4,9-11H2,1-3H3,(H,21,24)/p+1/t18-/m1/s1. The van der Waals surface area contributed by atoms with Crippen LogP contribution in [0.5, 0.6) is 0 Å². The highest BCUT2D eigenvalue weighted by molar-refractivity contribution is 7.16. The Bertz CT molecular complexity index is 794. The van der Waals surface area contributed by atoms with E-state index in [0.29, 0.717) is 5.92 Å². The molecule has 0 saturated heterocycles. The minimum Gasteiger partial charge on any atom is -0.353 e. The van der Waals surface area contributed by atoms with Gasteiger partial charge in [0.1, 0.15) is 17.7 Å². The number of carbonyl (C=O) groups is 1. The summed E-state index contributed by atoms with van der Waals surface area (Å²) in [7, 11) is 0. The number of nitrogens with one attached hydrogen (secondary N) is 3. The summed E-state index contributed by atoms with van der Waals surface area (Å²) in [5, 5.41) is 7.75. The summed E-state index contributed by atoms with van der Waals surface area (Å²) in [6, 6.07) is 8.56. The third kappa shape index (κ3) is 2.96. The predicted octanol–water partition coefficient (Wildman–Crippen LogP) is 2.69. The summed E-state index contributed by atoms with van der Waals surface area (Å²) in [6.45, 7) is 9.94. The molecule has 0 saturated carbocycles. The van der Waals surface area contributed by atoms with Gasteiger partial charge in [-0.25, -0.2) is 0 Å². The van der Waals surface area contributed by atoms with E-state index >= 15 is 0 Å². The second-order valence-electron chi connectivity index (χ2n) is 7.36. The van der Waals surface area contributed by atoms with Crippen molar-refractivity contribution in [2.24, 2.45) is 0 Å². The Labute approximate surface area is 153 Å². The van der Waals surface area contributed by atoms with Crippen molar-refractivity contribution in [2.45, 2.75) is 45.8 Å². The second-order valence-corrected chi connectivity index (χ2v) is 8.47. The fraction of sp³-hybridized carbons (Fsp3) is 0.450. The van der Waals surface area contributed by atoms with Crippen molar-refractivity contribution in [2.75, 3.05) is 18.4 Å². The van der Waals surface area contributed by atoms with E-state index in [0.717, 1.165) is 42.2 Å². The van der Waals surface area contributed by atoms with Crippen LogP contribution in [0.4, 0.5) is 5.00 Å². The Balaban J connectivity index is 1.61. The summed E-state index contributed by atoms with van der Waals surface area (Å²) in [4.78, 5) is 15.8. The van der Waals surface area contributed by atoms with Crippen molar-refractivity contribution in [1.29, 1.82) is 0 Å². The van der Waals surface area contributed by atoms with Gasteiger partial charge in [-0.3, -0.25) is 4.79 Å². The van der Waals surface area contributed by atoms with Gasteiger partial charge in [0, 0.05) is 6.42 Å². The van der Waals surface area contributed by atoms with E-state index in [1.165, 1.54) is 16.0 Å². The molecule has 0 radical (unpaired) electrons. The minimum atomic E-state index is -0.143. The highest BCUT2D eigenvalue weighted by Crippen LogP contribution is 2.39. The number of benzene rings is 1. The van der Waals surface area contributed by atoms with Gasteiger partial charge in [-0.1, -0.05) is 38.1 Å². The van der Waals surface area contributed by atoms with Crippen LogP contribution in [0.2, 0.25) is 0 Å². The molecule has 1 unspecified atom stereocenters. The lowest BCUT2D eigenvalue weighted by Gasteiger charge is -2.27. The van der Waals surface area contributed by atoms with E-state index in [-0.39, 0.29) is 12.1 Å². The molecule has 4 nitrogen and oxygen atoms in total. The molecule has 25 heavy (non-hydrogen) atoms. The quantitative estimate of drug-likeness (QED) is 0.792. The molecule has 5 heteroatoms. The maximum Gasteiger partial charge on any atom is 0.256 e. The first-order chi connectivity index (χ1) is 12.1. The molecule has 132 valence electrons. The molecule has 4 rings (SSSR count). The van der Waals surface area contributed by atoms with Crippen molar-refractivity contribution < 1.29 is 9.69 Å². The number of quaternary nitrogens is 1. The number of likely N-dealkylation sites (N-methyl/N-ethyl adjacent to an activating group) is 1. The van der Waals surface area contributed by atoms with Crippen LogP contribution in [0.1, 0.15) is 64.8 Å². The lowest BCUT2D eigenvalue weighted by atomic mass is 9.98. The highest BCUT2D eigenvalue weighted by atomic mass is 32.1. The van der Waals surface area contributed by atoms with Gasteiger partial charge in [0.15, 0.2) is 0 Å². The molecule has 2 aliphatic rings. The predicted molar refractivity (Wildman–Crippen MR) is 102 cm³/mol. The van der Waals surface area contributed by atoms with E-state index < -0.39 is 0 Å². The molecule has 2 aromatic rings. The molecule has 2 atom stereocenters. The molecule has 1 aromatic carbocycles. The van der Waals surface area contributed by atoms with Gasteiger partial charge in [0.05, 0.1) is 23.5 Å². The SMILES string of the molecule is CC[NH+]1CCc2c(sc3c2C(=O)N[C@@H](c2ccc(C(C)C)cc2)N3)C1. The van der Waals surface area contributed by atoms with Gasteiger partial charge >= 0.3 is 0 Å². The number of amides is 1. The average molecular weight is 357 g/mol. The highest BCUT2D eigenvalue weighted by Gasteiger charge is 2.34. The molecule has 3 heterocycles. The summed E-state index contributed by atoms with van der Waals surface area (Å²) < 4.78 is 0. The largest absolute Gasteiger partial charge is 0.353 e. The van der Waals surface area contributed by atoms with Crippen molar-refractivity contribution in [3.63, 3.8) is 0 Å². The van der Waals surface area contributed by atoms with Crippen molar-refractivity contribution in [3.8, 4) is 0 Å². The summed E-state index contributed by atoms with van der Waals surface area (Å²) in [5.41, 5.74) is 4.59. The van der Waals surface area contributed by atoms with Crippen LogP contribution < -0.4 is 15.5 Å². The summed E-state index contributed by atoms with van der Waals surface area (Å²) in [6.07, 6.45) is 0.864. The fourth-order valence-corrected chi connectivity index (χ4v) is 5.14. The van der Waals surface area contributed by atoms with E-state index in [9.17, 15) is 4.79 Å². The van der Waals surface area contributed by atoms with Crippen LogP contribution in [0.3, 0.4) is 0 Å². The zero-order chi connectivity index (χ0) is 17.6. The first-order valence-electron chi connectivity index (χ1n) is 9.22. The van der Waals surface area contributed by atoms with Crippen LogP contribution in [-0.2, 0) is 13.0 Å². The third-order valence-electron chi connectivity index (χ3n) is 5.44. The minimum absolute atomic E-state index is 0.0733. The Kier molecular flexibility index (Phi) is 4.29. The number of hydrogen-bond donors (Lipinski definition) is 3. The van der Waals surface area contributed by atoms with Crippen LogP contribution in [0.15, 0.2) is 24.3 Å². The number of hydrogen-bond acceptors (Lipinski definition) is 3. The number of rotatable bonds is 3. The van der Waals surface area contributed by atoms with Gasteiger partial charge in [0.25, 0.3) is 5.91 Å². The Hall–Kier alpha value is -1.85. The number of thiophene rings is 1. The van der Waals surface area contributed by atoms with Gasteiger partial charge in [-0.15, -0.1) is 11.3 Å². The zero-order valence-corrected chi connectivity index (χ0v) is 15.9. The van der Waals surface area contributed by atoms with Crippen LogP contribution in [-0.4, -0.2) is 19.0 Å². The lowest BCUT2D eigenvalue weighted by Crippen LogP contribution is -3.11. The maximum absolute atomic E-state index is 12.8. The molecule has 1 aromatic heterocycles. The monoisotopic (exact) mass is 356 g/mol. The topological polar surface area (TPSA) is 45.6 Å².